The Morgan fingerprint density at radius 3 is 2.50 bits per heavy atom. The lowest BCUT2D eigenvalue weighted by Gasteiger charge is -2.13. The van der Waals surface area contributed by atoms with Crippen molar-refractivity contribution in [3.8, 4) is 11.4 Å². The fraction of sp³-hybridized carbons (Fsp3) is 0.0667. The van der Waals surface area contributed by atoms with Gasteiger partial charge in [0.15, 0.2) is 11.5 Å². The van der Waals surface area contributed by atoms with E-state index in [1.54, 1.807) is 36.0 Å². The minimum Gasteiger partial charge on any atom is -0.595 e. The Morgan fingerprint density at radius 2 is 1.83 bits per heavy atom. The third-order valence-electron chi connectivity index (χ3n) is 3.67. The summed E-state index contributed by atoms with van der Waals surface area (Å²) in [6.07, 6.45) is 0. The van der Waals surface area contributed by atoms with Crippen molar-refractivity contribution in [2.45, 2.75) is 10.5 Å². The van der Waals surface area contributed by atoms with Crippen molar-refractivity contribution in [2.75, 3.05) is 5.43 Å². The largest absolute Gasteiger partial charge is 0.595 e. The monoisotopic (exact) mass is 361 g/mol. The number of thioether (sulfide) groups is 1. The molecule has 2 heterocycles. The van der Waals surface area contributed by atoms with Crippen molar-refractivity contribution in [1.82, 2.24) is 14.9 Å². The van der Waals surface area contributed by atoms with Crippen molar-refractivity contribution >= 4 is 29.1 Å². The fourth-order valence-corrected chi connectivity index (χ4v) is 3.56. The van der Waals surface area contributed by atoms with Gasteiger partial charge in [0.1, 0.15) is 5.37 Å². The first-order valence-corrected chi connectivity index (χ1v) is 8.35. The molecule has 0 fully saturated rings. The van der Waals surface area contributed by atoms with Crippen LogP contribution in [0.5, 0.6) is 0 Å². The summed E-state index contributed by atoms with van der Waals surface area (Å²) < 4.78 is 1.82. The average molecular weight is 362 g/mol. The molecule has 0 saturated carbocycles. The molecule has 1 aliphatic heterocycles. The summed E-state index contributed by atoms with van der Waals surface area (Å²) in [4.78, 5) is 0. The van der Waals surface area contributed by atoms with E-state index in [2.05, 4.69) is 15.6 Å². The number of benzene rings is 2. The van der Waals surface area contributed by atoms with Crippen LogP contribution in [0.2, 0.25) is 5.02 Å². The second-order valence-electron chi connectivity index (χ2n) is 5.20. The molecule has 0 aliphatic carbocycles. The minimum absolute atomic E-state index is 0.0183. The maximum Gasteiger partial charge on any atom is 0.212 e. The molecule has 122 valence electrons. The SMILES string of the molecule is [O-][NH+](O)c1ccc(-c2nnc3n2N[C@@H](c2ccc(Cl)cc2)S3)cc1. The second kappa shape index (κ2) is 6.08. The zero-order chi connectivity index (χ0) is 16.7. The number of quaternary nitrogens is 1. The summed E-state index contributed by atoms with van der Waals surface area (Å²) in [5, 5.41) is 28.8. The Bertz CT molecular complexity index is 867. The third-order valence-corrected chi connectivity index (χ3v) is 5.01. The first-order valence-electron chi connectivity index (χ1n) is 7.09. The number of fused-ring (bicyclic) bond motifs is 1. The van der Waals surface area contributed by atoms with Gasteiger partial charge in [0, 0.05) is 22.7 Å². The topological polar surface area (TPSA) is 90.5 Å². The molecule has 3 N–H and O–H groups in total. The highest BCUT2D eigenvalue weighted by molar-refractivity contribution is 7.99. The smallest absolute Gasteiger partial charge is 0.212 e. The normalized spacial score (nSPS) is 17.4. The van der Waals surface area contributed by atoms with Crippen LogP contribution in [0.1, 0.15) is 10.9 Å². The molecule has 1 aliphatic rings. The summed E-state index contributed by atoms with van der Waals surface area (Å²) in [5.74, 6) is 0.644. The molecular weight excluding hydrogens is 350 g/mol. The van der Waals surface area contributed by atoms with Gasteiger partial charge in [-0.1, -0.05) is 35.5 Å². The highest BCUT2D eigenvalue weighted by atomic mass is 35.5. The third kappa shape index (κ3) is 2.74. The predicted molar refractivity (Wildman–Crippen MR) is 90.6 cm³/mol. The van der Waals surface area contributed by atoms with E-state index in [0.29, 0.717) is 10.8 Å². The van der Waals surface area contributed by atoms with Gasteiger partial charge < -0.3 is 10.6 Å². The van der Waals surface area contributed by atoms with E-state index < -0.39 is 5.23 Å². The van der Waals surface area contributed by atoms with Gasteiger partial charge in [-0.05, 0) is 29.8 Å². The predicted octanol–water partition coefficient (Wildman–Crippen LogP) is 2.35. The molecule has 1 unspecified atom stereocenters. The lowest BCUT2D eigenvalue weighted by molar-refractivity contribution is -0.991. The summed E-state index contributed by atoms with van der Waals surface area (Å²) >= 11 is 7.49. The van der Waals surface area contributed by atoms with Crippen molar-refractivity contribution in [3.05, 3.63) is 64.3 Å². The van der Waals surface area contributed by atoms with Crippen LogP contribution in [0.25, 0.3) is 11.4 Å². The lowest BCUT2D eigenvalue weighted by Crippen LogP contribution is -2.99. The highest BCUT2D eigenvalue weighted by Crippen LogP contribution is 2.40. The van der Waals surface area contributed by atoms with Crippen LogP contribution in [0.3, 0.4) is 0 Å². The maximum atomic E-state index is 11.0. The van der Waals surface area contributed by atoms with Gasteiger partial charge in [-0.3, -0.25) is 0 Å². The Labute approximate surface area is 146 Å². The molecule has 7 nitrogen and oxygen atoms in total. The van der Waals surface area contributed by atoms with Crippen molar-refractivity contribution < 1.29 is 10.4 Å². The van der Waals surface area contributed by atoms with Gasteiger partial charge in [-0.15, -0.1) is 10.2 Å². The molecular formula is C15H12ClN5O2S. The Morgan fingerprint density at radius 1 is 1.12 bits per heavy atom. The van der Waals surface area contributed by atoms with Crippen LogP contribution in [0.15, 0.2) is 53.7 Å². The van der Waals surface area contributed by atoms with E-state index in [9.17, 15) is 5.21 Å². The van der Waals surface area contributed by atoms with E-state index in [4.69, 9.17) is 16.8 Å². The first-order chi connectivity index (χ1) is 11.6. The van der Waals surface area contributed by atoms with E-state index >= 15 is 0 Å². The summed E-state index contributed by atoms with van der Waals surface area (Å²) in [5.41, 5.74) is 5.47. The highest BCUT2D eigenvalue weighted by Gasteiger charge is 2.28. The molecule has 1 aromatic heterocycles. The molecule has 9 heteroatoms. The van der Waals surface area contributed by atoms with Gasteiger partial charge in [0.25, 0.3) is 0 Å². The van der Waals surface area contributed by atoms with E-state index in [-0.39, 0.29) is 11.1 Å². The maximum absolute atomic E-state index is 11.0. The minimum atomic E-state index is -0.954. The van der Waals surface area contributed by atoms with E-state index in [1.165, 1.54) is 0 Å². The van der Waals surface area contributed by atoms with Crippen LogP contribution >= 0.6 is 23.4 Å². The first kappa shape index (κ1) is 15.4. The lowest BCUT2D eigenvalue weighted by atomic mass is 10.2. The van der Waals surface area contributed by atoms with Crippen LogP contribution in [0, 0.1) is 5.21 Å². The molecule has 3 aromatic rings. The van der Waals surface area contributed by atoms with Gasteiger partial charge in [0.05, 0.1) is 0 Å². The molecule has 4 rings (SSSR count). The van der Waals surface area contributed by atoms with Crippen molar-refractivity contribution in [3.63, 3.8) is 0 Å². The number of halogens is 1. The number of nitrogens with zero attached hydrogens (tertiary/aromatic N) is 3. The number of nitrogens with one attached hydrogen (secondary N) is 2. The fourth-order valence-electron chi connectivity index (χ4n) is 2.44. The van der Waals surface area contributed by atoms with Gasteiger partial charge in [-0.25, -0.2) is 9.88 Å². The van der Waals surface area contributed by atoms with Crippen LogP contribution in [0.4, 0.5) is 5.69 Å². The number of hydrogen-bond donors (Lipinski definition) is 3. The zero-order valence-electron chi connectivity index (χ0n) is 12.2. The molecule has 2 aromatic carbocycles. The average Bonchev–Trinajstić information content (AvgIpc) is 3.16. The van der Waals surface area contributed by atoms with E-state index in [1.807, 2.05) is 28.9 Å². The zero-order valence-corrected chi connectivity index (χ0v) is 13.8. The van der Waals surface area contributed by atoms with Crippen LogP contribution in [-0.2, 0) is 0 Å². The van der Waals surface area contributed by atoms with Gasteiger partial charge >= 0.3 is 0 Å². The number of rotatable bonds is 3. The van der Waals surface area contributed by atoms with Gasteiger partial charge in [0.2, 0.25) is 5.16 Å². The standard InChI is InChI=1S/C15H12ClN5O2S/c16-11-5-1-10(2-6-11)14-19-20-13(17-18-15(20)24-14)9-3-7-12(8-4-9)21(22)23/h1-8,14,19,21-22H/t14-/m1/s1. The van der Waals surface area contributed by atoms with Crippen molar-refractivity contribution in [1.29, 1.82) is 0 Å². The molecule has 0 bridgehead atoms. The summed E-state index contributed by atoms with van der Waals surface area (Å²) in [6, 6.07) is 14.2. The van der Waals surface area contributed by atoms with Crippen LogP contribution in [-0.4, -0.2) is 20.1 Å². The Hall–Kier alpha value is -2.10. The molecule has 0 spiro atoms. The number of hydrogen-bond acceptors (Lipinski definition) is 6. The summed E-state index contributed by atoms with van der Waals surface area (Å²) in [7, 11) is 0. The van der Waals surface area contributed by atoms with Gasteiger partial charge in [-0.2, -0.15) is 5.23 Å². The second-order valence-corrected chi connectivity index (χ2v) is 6.71. The summed E-state index contributed by atoms with van der Waals surface area (Å²) in [6.45, 7) is 0. The quantitative estimate of drug-likeness (QED) is 0.620. The Kier molecular flexibility index (Phi) is 3.91. The molecule has 0 saturated heterocycles. The molecule has 24 heavy (non-hydrogen) atoms. The molecule has 0 amide bonds. The Balaban J connectivity index is 1.61. The van der Waals surface area contributed by atoms with E-state index in [0.717, 1.165) is 16.3 Å². The number of aromatic nitrogens is 3. The molecule has 2 atom stereocenters. The van der Waals surface area contributed by atoms with Crippen LogP contribution < -0.4 is 10.7 Å². The molecule has 0 radical (unpaired) electrons. The van der Waals surface area contributed by atoms with Crippen molar-refractivity contribution in [2.24, 2.45) is 0 Å².